The van der Waals surface area contributed by atoms with Crippen LogP contribution in [0.4, 0.5) is 4.39 Å². The summed E-state index contributed by atoms with van der Waals surface area (Å²) in [5, 5.41) is 3.76. The molecule has 2 aliphatic rings. The smallest absolute Gasteiger partial charge is 0.165 e. The molecule has 2 heterocycles. The van der Waals surface area contributed by atoms with Gasteiger partial charge in [-0.1, -0.05) is 29.8 Å². The molecular formula is C19H20Cl2FNO2. The molecule has 6 heteroatoms. The molecule has 25 heavy (non-hydrogen) atoms. The molecule has 0 aliphatic carbocycles. The van der Waals surface area contributed by atoms with Crippen molar-refractivity contribution in [1.29, 1.82) is 0 Å². The molecule has 3 nitrogen and oxygen atoms in total. The molecule has 4 rings (SSSR count). The lowest BCUT2D eigenvalue weighted by molar-refractivity contribution is 0.0864. The lowest BCUT2D eigenvalue weighted by atomic mass is 9.89. The first-order chi connectivity index (χ1) is 11.7. The highest BCUT2D eigenvalue weighted by Gasteiger charge is 2.29. The monoisotopic (exact) mass is 383 g/mol. The average molecular weight is 384 g/mol. The van der Waals surface area contributed by atoms with E-state index in [2.05, 4.69) is 11.4 Å². The lowest BCUT2D eigenvalue weighted by Gasteiger charge is -2.31. The van der Waals surface area contributed by atoms with E-state index < -0.39 is 6.10 Å². The summed E-state index contributed by atoms with van der Waals surface area (Å²) < 4.78 is 26.3. The van der Waals surface area contributed by atoms with Crippen LogP contribution in [-0.2, 0) is 0 Å². The third-order valence-electron chi connectivity index (χ3n) is 4.75. The van der Waals surface area contributed by atoms with Gasteiger partial charge in [0.1, 0.15) is 12.4 Å². The Balaban J connectivity index is 0.00000182. The number of piperidine rings is 1. The summed E-state index contributed by atoms with van der Waals surface area (Å²) in [7, 11) is 0. The summed E-state index contributed by atoms with van der Waals surface area (Å²) in [6.07, 6.45) is 1.68. The fraction of sp³-hybridized carbons (Fsp3) is 0.368. The van der Waals surface area contributed by atoms with Crippen molar-refractivity contribution in [3.05, 3.63) is 58.4 Å². The van der Waals surface area contributed by atoms with Crippen LogP contribution in [-0.4, -0.2) is 19.7 Å². The molecule has 1 N–H and O–H groups in total. The number of para-hydroxylation sites is 1. The first kappa shape index (κ1) is 18.3. The zero-order valence-corrected chi connectivity index (χ0v) is 15.2. The number of hydrogen-bond donors (Lipinski definition) is 1. The molecule has 1 saturated heterocycles. The predicted octanol–water partition coefficient (Wildman–Crippen LogP) is 4.88. The Kier molecular flexibility index (Phi) is 5.72. The Labute approximate surface area is 157 Å². The number of ether oxygens (including phenoxy) is 2. The highest BCUT2D eigenvalue weighted by atomic mass is 35.5. The van der Waals surface area contributed by atoms with Gasteiger partial charge in [0.2, 0.25) is 0 Å². The number of fused-ring (bicyclic) bond motifs is 1. The van der Waals surface area contributed by atoms with Crippen molar-refractivity contribution in [2.75, 3.05) is 19.7 Å². The number of benzene rings is 2. The minimum atomic E-state index is -0.461. The van der Waals surface area contributed by atoms with E-state index in [0.717, 1.165) is 43.0 Å². The van der Waals surface area contributed by atoms with Gasteiger partial charge >= 0.3 is 0 Å². The van der Waals surface area contributed by atoms with Crippen molar-refractivity contribution in [2.45, 2.75) is 24.9 Å². The fourth-order valence-corrected chi connectivity index (χ4v) is 3.64. The third-order valence-corrected chi connectivity index (χ3v) is 4.98. The maximum atomic E-state index is 14.2. The first-order valence-corrected chi connectivity index (χ1v) is 8.68. The van der Waals surface area contributed by atoms with Crippen LogP contribution in [0.2, 0.25) is 5.02 Å². The summed E-state index contributed by atoms with van der Waals surface area (Å²) in [5.74, 6) is 1.59. The van der Waals surface area contributed by atoms with Gasteiger partial charge in [0, 0.05) is 16.1 Å². The molecule has 0 radical (unpaired) electrons. The van der Waals surface area contributed by atoms with Crippen LogP contribution in [0.5, 0.6) is 11.5 Å². The van der Waals surface area contributed by atoms with E-state index in [-0.39, 0.29) is 18.2 Å². The van der Waals surface area contributed by atoms with Crippen molar-refractivity contribution in [1.82, 2.24) is 5.32 Å². The Bertz CT molecular complexity index is 750. The maximum absolute atomic E-state index is 14.2. The Morgan fingerprint density at radius 2 is 1.88 bits per heavy atom. The van der Waals surface area contributed by atoms with Crippen molar-refractivity contribution >= 4 is 24.0 Å². The van der Waals surface area contributed by atoms with E-state index >= 15 is 0 Å². The normalized spacial score (nSPS) is 20.0. The quantitative estimate of drug-likeness (QED) is 0.801. The van der Waals surface area contributed by atoms with Crippen molar-refractivity contribution < 1.29 is 13.9 Å². The van der Waals surface area contributed by atoms with Gasteiger partial charge in [-0.3, -0.25) is 0 Å². The van der Waals surface area contributed by atoms with E-state index in [4.69, 9.17) is 21.1 Å². The summed E-state index contributed by atoms with van der Waals surface area (Å²) >= 11 is 5.85. The largest absolute Gasteiger partial charge is 0.485 e. The van der Waals surface area contributed by atoms with Crippen LogP contribution in [0.3, 0.4) is 0 Å². The highest BCUT2D eigenvalue weighted by Crippen LogP contribution is 2.44. The van der Waals surface area contributed by atoms with Crippen LogP contribution in [0.15, 0.2) is 36.4 Å². The van der Waals surface area contributed by atoms with E-state index in [9.17, 15) is 4.39 Å². The number of rotatable bonds is 2. The topological polar surface area (TPSA) is 30.5 Å². The predicted molar refractivity (Wildman–Crippen MR) is 98.8 cm³/mol. The van der Waals surface area contributed by atoms with Crippen LogP contribution in [0.1, 0.15) is 36.0 Å². The van der Waals surface area contributed by atoms with Gasteiger partial charge in [-0.15, -0.1) is 12.4 Å². The van der Waals surface area contributed by atoms with E-state index in [1.807, 2.05) is 12.1 Å². The molecule has 2 aromatic carbocycles. The molecule has 1 fully saturated rings. The third kappa shape index (κ3) is 3.71. The average Bonchev–Trinajstić information content (AvgIpc) is 2.61. The zero-order valence-electron chi connectivity index (χ0n) is 13.6. The van der Waals surface area contributed by atoms with E-state index in [1.165, 1.54) is 6.07 Å². The minimum absolute atomic E-state index is 0. The SMILES string of the molecule is Cl.Fc1cc(Cl)ccc1C1COc2cccc(C3CCNCC3)c2O1. The molecule has 0 aromatic heterocycles. The second-order valence-electron chi connectivity index (χ2n) is 6.28. The fourth-order valence-electron chi connectivity index (χ4n) is 3.48. The van der Waals surface area contributed by atoms with Gasteiger partial charge in [0.15, 0.2) is 17.6 Å². The minimum Gasteiger partial charge on any atom is -0.485 e. The van der Waals surface area contributed by atoms with Gasteiger partial charge in [-0.2, -0.15) is 0 Å². The summed E-state index contributed by atoms with van der Waals surface area (Å²) in [6, 6.07) is 10.7. The number of nitrogens with one attached hydrogen (secondary N) is 1. The summed E-state index contributed by atoms with van der Waals surface area (Å²) in [4.78, 5) is 0. The van der Waals surface area contributed by atoms with Crippen molar-refractivity contribution in [3.8, 4) is 11.5 Å². The van der Waals surface area contributed by atoms with Crippen LogP contribution >= 0.6 is 24.0 Å². The first-order valence-electron chi connectivity index (χ1n) is 8.30. The number of hydrogen-bond acceptors (Lipinski definition) is 3. The van der Waals surface area contributed by atoms with Gasteiger partial charge in [0.25, 0.3) is 0 Å². The molecule has 0 saturated carbocycles. The van der Waals surface area contributed by atoms with Gasteiger partial charge in [-0.25, -0.2) is 4.39 Å². The Hall–Kier alpha value is -1.49. The Morgan fingerprint density at radius 1 is 1.08 bits per heavy atom. The highest BCUT2D eigenvalue weighted by molar-refractivity contribution is 6.30. The van der Waals surface area contributed by atoms with Crippen LogP contribution in [0, 0.1) is 5.82 Å². The molecule has 1 unspecified atom stereocenters. The van der Waals surface area contributed by atoms with Crippen molar-refractivity contribution in [3.63, 3.8) is 0 Å². The summed E-state index contributed by atoms with van der Waals surface area (Å²) in [5.41, 5.74) is 1.64. The van der Waals surface area contributed by atoms with E-state index in [0.29, 0.717) is 23.1 Å². The molecule has 2 aromatic rings. The molecule has 2 aliphatic heterocycles. The van der Waals surface area contributed by atoms with E-state index in [1.54, 1.807) is 12.1 Å². The van der Waals surface area contributed by atoms with Gasteiger partial charge in [-0.05, 0) is 50.0 Å². The van der Waals surface area contributed by atoms with Crippen LogP contribution in [0.25, 0.3) is 0 Å². The molecule has 0 bridgehead atoms. The second kappa shape index (κ2) is 7.81. The molecule has 0 amide bonds. The molecule has 1 atom stereocenters. The molecule has 134 valence electrons. The lowest BCUT2D eigenvalue weighted by Crippen LogP contribution is -2.28. The second-order valence-corrected chi connectivity index (χ2v) is 6.72. The van der Waals surface area contributed by atoms with Gasteiger partial charge < -0.3 is 14.8 Å². The molecule has 0 spiro atoms. The van der Waals surface area contributed by atoms with Gasteiger partial charge in [0.05, 0.1) is 0 Å². The number of halogens is 3. The zero-order chi connectivity index (χ0) is 16.5. The summed E-state index contributed by atoms with van der Waals surface area (Å²) in [6.45, 7) is 2.30. The van der Waals surface area contributed by atoms with Crippen LogP contribution < -0.4 is 14.8 Å². The standard InChI is InChI=1S/C19H19ClFNO2.ClH/c20-13-4-5-15(16(21)10-13)18-11-23-17-3-1-2-14(19(17)24-18)12-6-8-22-9-7-12;/h1-5,10,12,18,22H,6-9,11H2;1H. The van der Waals surface area contributed by atoms with Crippen molar-refractivity contribution in [2.24, 2.45) is 0 Å². The maximum Gasteiger partial charge on any atom is 0.165 e. The Morgan fingerprint density at radius 3 is 2.64 bits per heavy atom. The molecular weight excluding hydrogens is 364 g/mol.